The van der Waals surface area contributed by atoms with E-state index in [-0.39, 0.29) is 0 Å². The molecule has 1 heterocycles. The third-order valence-electron chi connectivity index (χ3n) is 2.60. The first kappa shape index (κ1) is 8.06. The first-order chi connectivity index (χ1) is 6.90. The number of nitrogens with one attached hydrogen (secondary N) is 1. The highest BCUT2D eigenvalue weighted by Crippen LogP contribution is 2.28. The van der Waals surface area contributed by atoms with Gasteiger partial charge in [0.25, 0.3) is 0 Å². The van der Waals surface area contributed by atoms with Gasteiger partial charge in [-0.25, -0.2) is 0 Å². The second-order valence-electron chi connectivity index (χ2n) is 3.37. The van der Waals surface area contributed by atoms with Crippen molar-refractivity contribution in [3.8, 4) is 0 Å². The van der Waals surface area contributed by atoms with Crippen molar-refractivity contribution in [2.75, 3.05) is 6.26 Å². The summed E-state index contributed by atoms with van der Waals surface area (Å²) in [5.41, 5.74) is 2.58. The first-order valence-electron chi connectivity index (χ1n) is 4.60. The number of benzene rings is 2. The molecule has 2 aromatic carbocycles. The summed E-state index contributed by atoms with van der Waals surface area (Å²) in [5, 5.41) is 3.94. The maximum Gasteiger partial charge on any atom is 0.246 e. The third kappa shape index (κ3) is 0.946. The van der Waals surface area contributed by atoms with Crippen LogP contribution in [0.5, 0.6) is 0 Å². The molecule has 2 aromatic rings. The van der Waals surface area contributed by atoms with Crippen molar-refractivity contribution in [2.45, 2.75) is 0 Å². The lowest BCUT2D eigenvalue weighted by Gasteiger charge is -1.95. The van der Waals surface area contributed by atoms with Crippen LogP contribution in [0.1, 0.15) is 5.56 Å². The van der Waals surface area contributed by atoms with Gasteiger partial charge in [-0.1, -0.05) is 36.0 Å². The lowest BCUT2D eigenvalue weighted by Crippen LogP contribution is -2.63. The summed E-state index contributed by atoms with van der Waals surface area (Å²) in [6.45, 7) is 0. The van der Waals surface area contributed by atoms with Crippen molar-refractivity contribution >= 4 is 33.3 Å². The van der Waals surface area contributed by atoms with Gasteiger partial charge in [-0.3, -0.25) is 0 Å². The van der Waals surface area contributed by atoms with E-state index >= 15 is 0 Å². The van der Waals surface area contributed by atoms with Crippen molar-refractivity contribution in [1.29, 1.82) is 0 Å². The summed E-state index contributed by atoms with van der Waals surface area (Å²) in [4.78, 5) is 3.44. The van der Waals surface area contributed by atoms with Gasteiger partial charge in [-0.2, -0.15) is 4.99 Å². The average molecular weight is 200 g/mol. The molecule has 0 saturated carbocycles. The Balaban J connectivity index is 2.46. The molecule has 0 aromatic heterocycles. The maximum absolute atomic E-state index is 3.44. The summed E-state index contributed by atoms with van der Waals surface area (Å²) in [7, 11) is 0. The van der Waals surface area contributed by atoms with Crippen LogP contribution in [0.3, 0.4) is 0 Å². The molecule has 0 aliphatic carbocycles. The number of hydrogen-bond donors (Lipinski definition) is 1. The first-order valence-corrected chi connectivity index (χ1v) is 5.83. The van der Waals surface area contributed by atoms with Crippen LogP contribution in [0.25, 0.3) is 10.8 Å². The van der Waals surface area contributed by atoms with E-state index in [1.54, 1.807) is 11.8 Å². The molecule has 0 amide bonds. The zero-order valence-electron chi connectivity index (χ0n) is 7.87. The smallest absolute Gasteiger partial charge is 0.198 e. The number of thioether (sulfide) groups is 1. The summed E-state index contributed by atoms with van der Waals surface area (Å²) < 4.78 is 0. The maximum atomic E-state index is 3.44. The highest BCUT2D eigenvalue weighted by molar-refractivity contribution is 8.13. The minimum Gasteiger partial charge on any atom is -0.198 e. The fourth-order valence-corrected chi connectivity index (χ4v) is 2.59. The summed E-state index contributed by atoms with van der Waals surface area (Å²) in [5.74, 6) is 0. The number of rotatable bonds is 0. The minimum absolute atomic E-state index is 1.24. The van der Waals surface area contributed by atoms with Crippen molar-refractivity contribution in [1.82, 2.24) is 0 Å². The van der Waals surface area contributed by atoms with Crippen LogP contribution in [-0.4, -0.2) is 11.3 Å². The average Bonchev–Trinajstić information content (AvgIpc) is 2.60. The van der Waals surface area contributed by atoms with E-state index in [1.807, 2.05) is 0 Å². The molecule has 1 aliphatic rings. The molecular formula is C12H10NS+. The van der Waals surface area contributed by atoms with Crippen LogP contribution in [0.15, 0.2) is 36.4 Å². The molecule has 1 N–H and O–H groups in total. The quantitative estimate of drug-likeness (QED) is 0.683. The zero-order valence-corrected chi connectivity index (χ0v) is 8.69. The largest absolute Gasteiger partial charge is 0.246 e. The molecule has 68 valence electrons. The van der Waals surface area contributed by atoms with Gasteiger partial charge in [-0.05, 0) is 17.7 Å². The fourth-order valence-electron chi connectivity index (χ4n) is 1.99. The van der Waals surface area contributed by atoms with Crippen LogP contribution < -0.4 is 4.99 Å². The summed E-state index contributed by atoms with van der Waals surface area (Å²) >= 11 is 1.77. The second kappa shape index (κ2) is 2.85. The Morgan fingerprint density at radius 2 is 1.86 bits per heavy atom. The van der Waals surface area contributed by atoms with Gasteiger partial charge in [0.15, 0.2) is 0 Å². The Kier molecular flexibility index (Phi) is 1.64. The van der Waals surface area contributed by atoms with Gasteiger partial charge in [0.1, 0.15) is 0 Å². The predicted octanol–water partition coefficient (Wildman–Crippen LogP) is 1.68. The van der Waals surface area contributed by atoms with E-state index in [0.717, 1.165) is 0 Å². The highest BCUT2D eigenvalue weighted by Gasteiger charge is 2.23. The van der Waals surface area contributed by atoms with Crippen LogP contribution in [0.2, 0.25) is 0 Å². The topological polar surface area (TPSA) is 14.0 Å². The predicted molar refractivity (Wildman–Crippen MR) is 62.2 cm³/mol. The normalized spacial score (nSPS) is 13.4. The van der Waals surface area contributed by atoms with Crippen LogP contribution in [0, 0.1) is 0 Å². The van der Waals surface area contributed by atoms with Gasteiger partial charge in [0.2, 0.25) is 10.7 Å². The van der Waals surface area contributed by atoms with Crippen molar-refractivity contribution in [3.05, 3.63) is 42.0 Å². The zero-order chi connectivity index (χ0) is 9.54. The molecule has 1 nitrogen and oxygen atoms in total. The Bertz CT molecular complexity index is 538. The van der Waals surface area contributed by atoms with Gasteiger partial charge in [0.05, 0.1) is 10.9 Å². The van der Waals surface area contributed by atoms with E-state index in [2.05, 4.69) is 47.6 Å². The van der Waals surface area contributed by atoms with Crippen LogP contribution in [-0.2, 0) is 0 Å². The van der Waals surface area contributed by atoms with Crippen molar-refractivity contribution < 1.29 is 4.99 Å². The third-order valence-corrected chi connectivity index (χ3v) is 3.33. The molecule has 0 unspecified atom stereocenters. The molecule has 0 saturated heterocycles. The van der Waals surface area contributed by atoms with E-state index < -0.39 is 0 Å². The minimum atomic E-state index is 1.24. The molecular weight excluding hydrogens is 190 g/mol. The molecule has 1 aliphatic heterocycles. The molecule has 0 radical (unpaired) electrons. The lowest BCUT2D eigenvalue weighted by atomic mass is 10.1. The van der Waals surface area contributed by atoms with E-state index in [9.17, 15) is 0 Å². The van der Waals surface area contributed by atoms with E-state index in [4.69, 9.17) is 0 Å². The monoisotopic (exact) mass is 200 g/mol. The van der Waals surface area contributed by atoms with Gasteiger partial charge in [-0.15, -0.1) is 0 Å². The summed E-state index contributed by atoms with van der Waals surface area (Å²) in [6.07, 6.45) is 2.10. The summed E-state index contributed by atoms with van der Waals surface area (Å²) in [6, 6.07) is 12.8. The molecule has 3 rings (SSSR count). The SMILES string of the molecule is CSC1=[NH+]c2cccc3cccc1c23. The van der Waals surface area contributed by atoms with Gasteiger partial charge in [0, 0.05) is 6.07 Å². The molecule has 0 bridgehead atoms. The Morgan fingerprint density at radius 1 is 1.07 bits per heavy atom. The Labute approximate surface area is 86.9 Å². The lowest BCUT2D eigenvalue weighted by molar-refractivity contribution is -0.344. The Hall–Kier alpha value is -1.28. The standard InChI is InChI=1S/C12H9NS/c1-14-12-9-6-2-4-8-5-3-7-10(13-12)11(8)9/h2-7H,1H3/p+1. The van der Waals surface area contributed by atoms with Gasteiger partial charge >= 0.3 is 0 Å². The van der Waals surface area contributed by atoms with Crippen molar-refractivity contribution in [3.63, 3.8) is 0 Å². The van der Waals surface area contributed by atoms with Crippen LogP contribution in [0.4, 0.5) is 5.69 Å². The van der Waals surface area contributed by atoms with E-state index in [1.165, 1.54) is 27.1 Å². The number of hydrogen-bond acceptors (Lipinski definition) is 1. The molecule has 0 atom stereocenters. The second-order valence-corrected chi connectivity index (χ2v) is 4.18. The Morgan fingerprint density at radius 3 is 2.64 bits per heavy atom. The molecule has 14 heavy (non-hydrogen) atoms. The molecule has 2 heteroatoms. The van der Waals surface area contributed by atoms with Crippen molar-refractivity contribution in [2.24, 2.45) is 0 Å². The van der Waals surface area contributed by atoms with E-state index in [0.29, 0.717) is 0 Å². The molecule has 0 fully saturated rings. The highest BCUT2D eigenvalue weighted by atomic mass is 32.2. The van der Waals surface area contributed by atoms with Crippen LogP contribution >= 0.6 is 11.8 Å². The molecule has 0 spiro atoms. The van der Waals surface area contributed by atoms with Gasteiger partial charge < -0.3 is 0 Å². The fraction of sp³-hybridized carbons (Fsp3) is 0.0833.